The third-order valence-corrected chi connectivity index (χ3v) is 6.57. The number of hydrogen-bond donors (Lipinski definition) is 0. The van der Waals surface area contributed by atoms with Crippen LogP contribution in [0.15, 0.2) is 103 Å². The van der Waals surface area contributed by atoms with Gasteiger partial charge in [-0.05, 0) is 87.3 Å². The van der Waals surface area contributed by atoms with Crippen LogP contribution in [0.5, 0.6) is 5.75 Å². The Kier molecular flexibility index (Phi) is 7.85. The third kappa shape index (κ3) is 6.03. The van der Waals surface area contributed by atoms with Crippen molar-refractivity contribution in [1.29, 1.82) is 0 Å². The average Bonchev–Trinajstić information content (AvgIpc) is 2.96. The highest BCUT2D eigenvalue weighted by molar-refractivity contribution is 6.08. The number of ether oxygens (including phenoxy) is 1. The van der Waals surface area contributed by atoms with E-state index in [9.17, 15) is 0 Å². The number of fused-ring (bicyclic) bond motifs is 3. The quantitative estimate of drug-likeness (QED) is 0.129. The maximum Gasteiger partial charge on any atom is 0.119 e. The molecule has 5 aromatic rings. The molecular formula is C36H30O. The molecule has 37 heavy (non-hydrogen) atoms. The van der Waals surface area contributed by atoms with Crippen molar-refractivity contribution in [3.63, 3.8) is 0 Å². The molecule has 0 aromatic heterocycles. The average molecular weight is 479 g/mol. The first kappa shape index (κ1) is 24.2. The largest absolute Gasteiger partial charge is 0.494 e. The molecule has 0 saturated heterocycles. The van der Waals surface area contributed by atoms with Crippen LogP contribution in [0.25, 0.3) is 32.7 Å². The number of rotatable bonds is 7. The van der Waals surface area contributed by atoms with E-state index >= 15 is 0 Å². The lowest BCUT2D eigenvalue weighted by Crippen LogP contribution is -1.96. The molecular weight excluding hydrogens is 448 g/mol. The van der Waals surface area contributed by atoms with E-state index in [-0.39, 0.29) is 0 Å². The van der Waals surface area contributed by atoms with E-state index in [4.69, 9.17) is 4.74 Å². The van der Waals surface area contributed by atoms with E-state index in [0.29, 0.717) is 0 Å². The number of benzene rings is 5. The predicted octanol–water partition coefficient (Wildman–Crippen LogP) is 9.02. The van der Waals surface area contributed by atoms with Gasteiger partial charge in [-0.2, -0.15) is 0 Å². The summed E-state index contributed by atoms with van der Waals surface area (Å²) in [6, 6.07) is 35.8. The van der Waals surface area contributed by atoms with Crippen molar-refractivity contribution in [1.82, 2.24) is 0 Å². The summed E-state index contributed by atoms with van der Waals surface area (Å²) >= 11 is 0. The van der Waals surface area contributed by atoms with Crippen molar-refractivity contribution in [2.75, 3.05) is 6.61 Å². The molecule has 1 nitrogen and oxygen atoms in total. The van der Waals surface area contributed by atoms with Crippen LogP contribution in [0, 0.1) is 23.7 Å². The summed E-state index contributed by atoms with van der Waals surface area (Å²) in [5, 5.41) is 5.04. The second-order valence-electron chi connectivity index (χ2n) is 9.20. The first-order valence-corrected chi connectivity index (χ1v) is 13.1. The molecule has 0 heterocycles. The van der Waals surface area contributed by atoms with E-state index in [0.717, 1.165) is 41.0 Å². The fourth-order valence-corrected chi connectivity index (χ4v) is 4.58. The van der Waals surface area contributed by atoms with Gasteiger partial charge in [-0.15, -0.1) is 0 Å². The van der Waals surface area contributed by atoms with Gasteiger partial charge >= 0.3 is 0 Å². The Morgan fingerprint density at radius 2 is 1.38 bits per heavy atom. The monoisotopic (exact) mass is 478 g/mol. The van der Waals surface area contributed by atoms with Crippen molar-refractivity contribution >= 4 is 21.5 Å². The van der Waals surface area contributed by atoms with Gasteiger partial charge in [0.15, 0.2) is 0 Å². The normalized spacial score (nSPS) is 10.4. The molecule has 180 valence electrons. The van der Waals surface area contributed by atoms with E-state index < -0.39 is 0 Å². The summed E-state index contributed by atoms with van der Waals surface area (Å²) in [5.41, 5.74) is 4.18. The van der Waals surface area contributed by atoms with Crippen LogP contribution in [0.4, 0.5) is 0 Å². The summed E-state index contributed by atoms with van der Waals surface area (Å²) < 4.78 is 5.82. The Morgan fingerprint density at radius 1 is 0.622 bits per heavy atom. The van der Waals surface area contributed by atoms with E-state index in [1.807, 2.05) is 30.3 Å². The summed E-state index contributed by atoms with van der Waals surface area (Å²) in [6.45, 7) is 2.99. The van der Waals surface area contributed by atoms with Crippen molar-refractivity contribution in [2.45, 2.75) is 32.6 Å². The van der Waals surface area contributed by atoms with Gasteiger partial charge in [-0.3, -0.25) is 0 Å². The first-order valence-electron chi connectivity index (χ1n) is 13.1. The maximum absolute atomic E-state index is 5.82. The molecule has 0 spiro atoms. The second kappa shape index (κ2) is 12.0. The lowest BCUT2D eigenvalue weighted by molar-refractivity contribution is 0.305. The highest BCUT2D eigenvalue weighted by Crippen LogP contribution is 2.31. The van der Waals surface area contributed by atoms with Gasteiger partial charge in [0.1, 0.15) is 5.75 Å². The van der Waals surface area contributed by atoms with E-state index in [2.05, 4.69) is 103 Å². The molecule has 0 unspecified atom stereocenters. The van der Waals surface area contributed by atoms with Gasteiger partial charge in [0.25, 0.3) is 0 Å². The highest BCUT2D eigenvalue weighted by Gasteiger charge is 2.06. The zero-order chi connectivity index (χ0) is 25.3. The Morgan fingerprint density at radius 3 is 2.27 bits per heavy atom. The van der Waals surface area contributed by atoms with Gasteiger partial charge in [-0.1, -0.05) is 105 Å². The molecule has 0 N–H and O–H groups in total. The minimum Gasteiger partial charge on any atom is -0.494 e. The van der Waals surface area contributed by atoms with Crippen molar-refractivity contribution < 1.29 is 4.74 Å². The molecule has 0 fully saturated rings. The first-order chi connectivity index (χ1) is 18.3. The second-order valence-corrected chi connectivity index (χ2v) is 9.20. The van der Waals surface area contributed by atoms with Gasteiger partial charge < -0.3 is 4.74 Å². The number of hydrogen-bond acceptors (Lipinski definition) is 1. The smallest absolute Gasteiger partial charge is 0.119 e. The lowest BCUT2D eigenvalue weighted by Gasteiger charge is -2.08. The Hall–Kier alpha value is -4.46. The molecule has 0 radical (unpaired) electrons. The van der Waals surface area contributed by atoms with Crippen LogP contribution < -0.4 is 4.74 Å². The molecule has 5 aromatic carbocycles. The Balaban J connectivity index is 1.31. The predicted molar refractivity (Wildman–Crippen MR) is 157 cm³/mol. The minimum absolute atomic E-state index is 0.768. The van der Waals surface area contributed by atoms with E-state index in [1.54, 1.807) is 0 Å². The van der Waals surface area contributed by atoms with Crippen LogP contribution in [0.3, 0.4) is 0 Å². The molecule has 5 rings (SSSR count). The fraction of sp³-hybridized carbons (Fsp3) is 0.167. The molecule has 0 saturated carbocycles. The zero-order valence-corrected chi connectivity index (χ0v) is 21.3. The van der Waals surface area contributed by atoms with Crippen LogP contribution >= 0.6 is 0 Å². The summed E-state index contributed by atoms with van der Waals surface area (Å²) in [4.78, 5) is 0. The molecule has 0 bridgehead atoms. The van der Waals surface area contributed by atoms with Gasteiger partial charge in [0, 0.05) is 11.1 Å². The summed E-state index contributed by atoms with van der Waals surface area (Å²) in [5.74, 6) is 13.4. The zero-order valence-electron chi connectivity index (χ0n) is 21.3. The summed E-state index contributed by atoms with van der Waals surface area (Å²) in [6.07, 6.45) is 4.83. The van der Waals surface area contributed by atoms with Crippen LogP contribution in [-0.2, 0) is 0 Å². The Labute approximate surface area is 220 Å². The molecule has 0 aliphatic carbocycles. The van der Waals surface area contributed by atoms with Gasteiger partial charge in [0.2, 0.25) is 0 Å². The van der Waals surface area contributed by atoms with Gasteiger partial charge in [0.05, 0.1) is 6.61 Å². The topological polar surface area (TPSA) is 9.23 Å². The van der Waals surface area contributed by atoms with Crippen molar-refractivity contribution in [3.05, 3.63) is 114 Å². The third-order valence-electron chi connectivity index (χ3n) is 6.57. The standard InChI is InChI=1S/C36H30O/c1-2-3-4-11-26-37-33-23-18-28(19-24-33)12-5-6-13-29-14-7-9-16-34(29)31-22-25-36-32(27-31)21-20-30-15-8-10-17-35(30)36/h7-10,14-25,27H,2-4,11,26H2,1H3. The Bertz CT molecular complexity index is 1640. The van der Waals surface area contributed by atoms with Crippen LogP contribution in [-0.4, -0.2) is 6.61 Å². The van der Waals surface area contributed by atoms with E-state index in [1.165, 1.54) is 40.8 Å². The lowest BCUT2D eigenvalue weighted by atomic mass is 9.95. The maximum atomic E-state index is 5.82. The van der Waals surface area contributed by atoms with Crippen LogP contribution in [0.2, 0.25) is 0 Å². The number of unbranched alkanes of at least 4 members (excludes halogenated alkanes) is 3. The SMILES string of the molecule is CCCCCCOc1ccc(C#CC#Cc2ccccc2-c2ccc3c(ccc4ccccc43)c2)cc1. The van der Waals surface area contributed by atoms with Crippen molar-refractivity contribution in [3.8, 4) is 40.6 Å². The highest BCUT2D eigenvalue weighted by atomic mass is 16.5. The summed E-state index contributed by atoms with van der Waals surface area (Å²) in [7, 11) is 0. The van der Waals surface area contributed by atoms with Crippen molar-refractivity contribution in [2.24, 2.45) is 0 Å². The fourth-order valence-electron chi connectivity index (χ4n) is 4.58. The molecule has 0 atom stereocenters. The van der Waals surface area contributed by atoms with Crippen LogP contribution in [0.1, 0.15) is 43.7 Å². The van der Waals surface area contributed by atoms with Gasteiger partial charge in [-0.25, -0.2) is 0 Å². The molecule has 0 aliphatic rings. The molecule has 0 aliphatic heterocycles. The minimum atomic E-state index is 0.768. The molecule has 1 heteroatoms. The molecule has 0 amide bonds.